The molecular weight excluding hydrogens is 270 g/mol. The topological polar surface area (TPSA) is 67.6 Å². The lowest BCUT2D eigenvalue weighted by atomic mass is 10.0. The van der Waals surface area contributed by atoms with Gasteiger partial charge in [-0.2, -0.15) is 0 Å². The van der Waals surface area contributed by atoms with Crippen molar-refractivity contribution in [2.45, 2.75) is 18.9 Å². The van der Waals surface area contributed by atoms with Crippen LogP contribution in [0.2, 0.25) is 0 Å². The molecule has 0 spiro atoms. The normalized spacial score (nSPS) is 17.2. The van der Waals surface area contributed by atoms with E-state index < -0.39 is 0 Å². The molecule has 2 heterocycles. The van der Waals surface area contributed by atoms with Crippen LogP contribution < -0.4 is 0 Å². The van der Waals surface area contributed by atoms with Crippen molar-refractivity contribution in [1.82, 2.24) is 4.90 Å². The predicted octanol–water partition coefficient (Wildman–Crippen LogP) is 2.52. The van der Waals surface area contributed by atoms with E-state index in [9.17, 15) is 14.4 Å². The highest BCUT2D eigenvalue weighted by atomic mass is 16.3. The molecule has 1 aromatic carbocycles. The highest BCUT2D eigenvalue weighted by Crippen LogP contribution is 2.36. The zero-order valence-electron chi connectivity index (χ0n) is 11.0. The minimum absolute atomic E-state index is 0.0612. The molecule has 2 aliphatic rings. The van der Waals surface area contributed by atoms with Crippen LogP contribution in [-0.4, -0.2) is 29.0 Å². The van der Waals surface area contributed by atoms with Gasteiger partial charge in [0, 0.05) is 11.6 Å². The van der Waals surface area contributed by atoms with Gasteiger partial charge in [-0.1, -0.05) is 6.07 Å². The Labute approximate surface area is 120 Å². The van der Waals surface area contributed by atoms with E-state index in [2.05, 4.69) is 0 Å². The lowest BCUT2D eigenvalue weighted by Crippen LogP contribution is -2.31. The molecule has 1 aliphatic heterocycles. The van der Waals surface area contributed by atoms with Crippen molar-refractivity contribution in [3.63, 3.8) is 0 Å². The fourth-order valence-electron chi connectivity index (χ4n) is 2.65. The quantitative estimate of drug-likeness (QED) is 0.640. The van der Waals surface area contributed by atoms with Crippen molar-refractivity contribution < 1.29 is 18.8 Å². The number of fused-ring (bicyclic) bond motifs is 1. The third kappa shape index (κ3) is 1.74. The number of benzene rings is 1. The molecule has 104 valence electrons. The number of imide groups is 1. The fourth-order valence-corrected chi connectivity index (χ4v) is 2.65. The molecule has 4 rings (SSSR count). The first-order valence-corrected chi connectivity index (χ1v) is 6.76. The number of rotatable bonds is 3. The highest BCUT2D eigenvalue weighted by molar-refractivity contribution is 6.22. The molecule has 0 N–H and O–H groups in total. The third-order valence-corrected chi connectivity index (χ3v) is 3.86. The smallest absolute Gasteiger partial charge is 0.261 e. The van der Waals surface area contributed by atoms with E-state index in [1.54, 1.807) is 30.3 Å². The molecule has 5 nitrogen and oxygen atoms in total. The monoisotopic (exact) mass is 281 g/mol. The Morgan fingerprint density at radius 2 is 1.81 bits per heavy atom. The Hall–Kier alpha value is -2.69. The number of hydrogen-bond acceptors (Lipinski definition) is 4. The first-order valence-electron chi connectivity index (χ1n) is 6.76. The van der Waals surface area contributed by atoms with Crippen LogP contribution in [0.25, 0.3) is 11.3 Å². The number of carbonyl (C=O) groups excluding carboxylic acids is 3. The van der Waals surface area contributed by atoms with Gasteiger partial charge in [-0.05, 0) is 37.1 Å². The highest BCUT2D eigenvalue weighted by Gasteiger charge is 2.44. The molecule has 5 heteroatoms. The van der Waals surface area contributed by atoms with E-state index in [0.29, 0.717) is 28.7 Å². The predicted molar refractivity (Wildman–Crippen MR) is 73.1 cm³/mol. The van der Waals surface area contributed by atoms with E-state index >= 15 is 0 Å². The van der Waals surface area contributed by atoms with E-state index in [1.165, 1.54) is 4.90 Å². The number of carbonyl (C=O) groups is 3. The summed E-state index contributed by atoms with van der Waals surface area (Å²) in [6.45, 7) is 0. The third-order valence-electron chi connectivity index (χ3n) is 3.86. The van der Waals surface area contributed by atoms with Crippen LogP contribution in [0.4, 0.5) is 0 Å². The first kappa shape index (κ1) is 12.1. The van der Waals surface area contributed by atoms with Gasteiger partial charge in [0.2, 0.25) is 0 Å². The van der Waals surface area contributed by atoms with Crippen molar-refractivity contribution in [2.75, 3.05) is 0 Å². The van der Waals surface area contributed by atoms with Crippen molar-refractivity contribution in [3.8, 4) is 11.3 Å². The Bertz CT molecular complexity index is 785. The summed E-state index contributed by atoms with van der Waals surface area (Å²) in [6, 6.07) is 8.34. The number of aldehydes is 1. The molecule has 0 bridgehead atoms. The standard InChI is InChI=1S/C16H11NO4/c18-8-11-4-6-14(21-11)9-1-5-12-13(7-9)16(20)17(15(12)19)10-2-3-10/h1,4-8,10H,2-3H2. The van der Waals surface area contributed by atoms with Gasteiger partial charge in [-0.3, -0.25) is 19.3 Å². The second kappa shape index (κ2) is 4.15. The molecule has 1 saturated carbocycles. The summed E-state index contributed by atoms with van der Waals surface area (Å²) in [5.41, 5.74) is 1.53. The average Bonchev–Trinajstić information content (AvgIpc) is 3.15. The molecule has 21 heavy (non-hydrogen) atoms. The largest absolute Gasteiger partial charge is 0.453 e. The molecule has 0 radical (unpaired) electrons. The van der Waals surface area contributed by atoms with Crippen LogP contribution in [0.5, 0.6) is 0 Å². The fraction of sp³-hybridized carbons (Fsp3) is 0.188. The van der Waals surface area contributed by atoms with Crippen LogP contribution in [0.3, 0.4) is 0 Å². The van der Waals surface area contributed by atoms with Gasteiger partial charge in [-0.25, -0.2) is 0 Å². The lowest BCUT2D eigenvalue weighted by molar-refractivity contribution is 0.0642. The van der Waals surface area contributed by atoms with Gasteiger partial charge in [0.25, 0.3) is 11.8 Å². The van der Waals surface area contributed by atoms with E-state index in [-0.39, 0.29) is 23.6 Å². The maximum Gasteiger partial charge on any atom is 0.261 e. The van der Waals surface area contributed by atoms with Gasteiger partial charge in [0.15, 0.2) is 12.0 Å². The zero-order valence-corrected chi connectivity index (χ0v) is 11.0. The second-order valence-electron chi connectivity index (χ2n) is 5.29. The summed E-state index contributed by atoms with van der Waals surface area (Å²) < 4.78 is 5.35. The van der Waals surface area contributed by atoms with Gasteiger partial charge in [0.05, 0.1) is 11.1 Å². The molecule has 2 aromatic rings. The molecule has 0 unspecified atom stereocenters. The summed E-state index contributed by atoms with van der Waals surface area (Å²) in [4.78, 5) is 36.6. The van der Waals surface area contributed by atoms with Crippen LogP contribution in [-0.2, 0) is 0 Å². The van der Waals surface area contributed by atoms with E-state index in [1.807, 2.05) is 0 Å². The molecule has 0 saturated heterocycles. The van der Waals surface area contributed by atoms with Crippen LogP contribution in [0.15, 0.2) is 34.7 Å². The van der Waals surface area contributed by atoms with Gasteiger partial charge in [0.1, 0.15) is 5.76 Å². The average molecular weight is 281 g/mol. The number of furan rings is 1. The summed E-state index contributed by atoms with van der Waals surface area (Å²) in [5, 5.41) is 0. The summed E-state index contributed by atoms with van der Waals surface area (Å²) >= 11 is 0. The molecule has 1 fully saturated rings. The Kier molecular flexibility index (Phi) is 2.39. The van der Waals surface area contributed by atoms with Crippen molar-refractivity contribution in [3.05, 3.63) is 47.2 Å². The summed E-state index contributed by atoms with van der Waals surface area (Å²) in [6.07, 6.45) is 2.40. The van der Waals surface area contributed by atoms with Crippen molar-refractivity contribution in [2.24, 2.45) is 0 Å². The SMILES string of the molecule is O=Cc1ccc(-c2ccc3c(c2)C(=O)N(C2CC2)C3=O)o1. The van der Waals surface area contributed by atoms with E-state index in [0.717, 1.165) is 12.8 Å². The molecule has 1 aromatic heterocycles. The molecule has 1 aliphatic carbocycles. The first-order chi connectivity index (χ1) is 10.2. The van der Waals surface area contributed by atoms with Crippen LogP contribution >= 0.6 is 0 Å². The zero-order chi connectivity index (χ0) is 14.6. The van der Waals surface area contributed by atoms with Crippen molar-refractivity contribution in [1.29, 1.82) is 0 Å². The number of hydrogen-bond donors (Lipinski definition) is 0. The Balaban J connectivity index is 1.77. The maximum atomic E-state index is 12.4. The number of amides is 2. The molecule has 0 atom stereocenters. The van der Waals surface area contributed by atoms with Crippen LogP contribution in [0.1, 0.15) is 44.1 Å². The van der Waals surface area contributed by atoms with Crippen molar-refractivity contribution >= 4 is 18.1 Å². The van der Waals surface area contributed by atoms with Gasteiger partial charge in [-0.15, -0.1) is 0 Å². The van der Waals surface area contributed by atoms with Gasteiger partial charge < -0.3 is 4.42 Å². The minimum Gasteiger partial charge on any atom is -0.453 e. The van der Waals surface area contributed by atoms with Gasteiger partial charge >= 0.3 is 0 Å². The van der Waals surface area contributed by atoms with Crippen LogP contribution in [0, 0.1) is 0 Å². The summed E-state index contributed by atoms with van der Waals surface area (Å²) in [5.74, 6) is 0.288. The molecule has 2 amide bonds. The van der Waals surface area contributed by atoms with E-state index in [4.69, 9.17) is 4.42 Å². The second-order valence-corrected chi connectivity index (χ2v) is 5.29. The molecular formula is C16H11NO4. The lowest BCUT2D eigenvalue weighted by Gasteiger charge is -2.11. The maximum absolute atomic E-state index is 12.4. The minimum atomic E-state index is -0.235. The number of nitrogens with zero attached hydrogens (tertiary/aromatic N) is 1. The summed E-state index contributed by atoms with van der Waals surface area (Å²) in [7, 11) is 0. The Morgan fingerprint density at radius 3 is 2.48 bits per heavy atom. The Morgan fingerprint density at radius 1 is 1.05 bits per heavy atom.